The Morgan fingerprint density at radius 1 is 1.33 bits per heavy atom. The lowest BCUT2D eigenvalue weighted by atomic mass is 10.0. The molecule has 0 amide bonds. The molecule has 0 aliphatic heterocycles. The molecule has 0 aromatic heterocycles. The quantitative estimate of drug-likeness (QED) is 0.748. The van der Waals surface area contributed by atoms with Crippen LogP contribution < -0.4 is 5.73 Å². The summed E-state index contributed by atoms with van der Waals surface area (Å²) in [7, 11) is 0. The van der Waals surface area contributed by atoms with Gasteiger partial charge in [0.05, 0.1) is 0 Å². The smallest absolute Gasteiger partial charge is 0.200 e. The Kier molecular flexibility index (Phi) is 5.49. The fourth-order valence-electron chi connectivity index (χ4n) is 1.15. The molecule has 0 saturated carbocycles. The summed E-state index contributed by atoms with van der Waals surface area (Å²) < 4.78 is 25.4. The molecule has 6 heteroatoms. The predicted molar refractivity (Wildman–Crippen MR) is 53.9 cm³/mol. The van der Waals surface area contributed by atoms with E-state index in [9.17, 15) is 13.9 Å². The maximum absolute atomic E-state index is 12.8. The van der Waals surface area contributed by atoms with Gasteiger partial charge in [0.25, 0.3) is 0 Å². The molecule has 4 N–H and O–H groups in total. The third-order valence-electron chi connectivity index (χ3n) is 1.94. The number of aromatic hydroxyl groups is 1. The van der Waals surface area contributed by atoms with Gasteiger partial charge in [-0.25, -0.2) is 4.39 Å². The standard InChI is InChI=1S/C9H11F2NO2.ClH/c10-6-2-1-5(7(12)3-4-13)9(14)8(6)11;/h1-2,7,13-14H,3-4,12H2;1H/t7-;/m0./s1. The van der Waals surface area contributed by atoms with E-state index >= 15 is 0 Å². The molecule has 0 bridgehead atoms. The minimum absolute atomic E-state index is 0. The van der Waals surface area contributed by atoms with Crippen molar-refractivity contribution in [2.45, 2.75) is 12.5 Å². The molecule has 1 rings (SSSR count). The maximum Gasteiger partial charge on any atom is 0.200 e. The van der Waals surface area contributed by atoms with Crippen molar-refractivity contribution in [1.82, 2.24) is 0 Å². The van der Waals surface area contributed by atoms with Gasteiger partial charge < -0.3 is 15.9 Å². The van der Waals surface area contributed by atoms with E-state index in [0.717, 1.165) is 6.07 Å². The van der Waals surface area contributed by atoms with Gasteiger partial charge in [-0.05, 0) is 12.5 Å². The summed E-state index contributed by atoms with van der Waals surface area (Å²) in [6, 6.07) is 1.39. The zero-order chi connectivity index (χ0) is 10.7. The Morgan fingerprint density at radius 3 is 2.47 bits per heavy atom. The third-order valence-corrected chi connectivity index (χ3v) is 1.94. The van der Waals surface area contributed by atoms with Gasteiger partial charge in [-0.2, -0.15) is 4.39 Å². The van der Waals surface area contributed by atoms with Crippen LogP contribution in [0.15, 0.2) is 12.1 Å². The largest absolute Gasteiger partial charge is 0.505 e. The number of phenolic OH excluding ortho intramolecular Hbond substituents is 1. The zero-order valence-electron chi connectivity index (χ0n) is 7.78. The van der Waals surface area contributed by atoms with Crippen LogP contribution in [0.4, 0.5) is 8.78 Å². The molecular weight excluding hydrogens is 228 g/mol. The lowest BCUT2D eigenvalue weighted by Gasteiger charge is -2.12. The first-order valence-corrected chi connectivity index (χ1v) is 4.11. The topological polar surface area (TPSA) is 66.5 Å². The lowest BCUT2D eigenvalue weighted by Crippen LogP contribution is -2.12. The molecular formula is C9H12ClF2NO2. The van der Waals surface area contributed by atoms with E-state index in [1.807, 2.05) is 0 Å². The first-order valence-electron chi connectivity index (χ1n) is 4.11. The number of benzene rings is 1. The second-order valence-corrected chi connectivity index (χ2v) is 2.92. The molecule has 0 heterocycles. The lowest BCUT2D eigenvalue weighted by molar-refractivity contribution is 0.274. The van der Waals surface area contributed by atoms with Gasteiger partial charge in [0.15, 0.2) is 11.6 Å². The highest BCUT2D eigenvalue weighted by Gasteiger charge is 2.16. The van der Waals surface area contributed by atoms with E-state index in [1.165, 1.54) is 6.07 Å². The molecule has 0 radical (unpaired) electrons. The Labute approximate surface area is 91.9 Å². The van der Waals surface area contributed by atoms with Crippen molar-refractivity contribution in [2.75, 3.05) is 6.61 Å². The van der Waals surface area contributed by atoms with Crippen LogP contribution in [-0.2, 0) is 0 Å². The average Bonchev–Trinajstić information content (AvgIpc) is 2.15. The van der Waals surface area contributed by atoms with Crippen molar-refractivity contribution in [3.63, 3.8) is 0 Å². The van der Waals surface area contributed by atoms with E-state index in [1.54, 1.807) is 0 Å². The molecule has 0 aliphatic rings. The molecule has 15 heavy (non-hydrogen) atoms. The molecule has 0 unspecified atom stereocenters. The van der Waals surface area contributed by atoms with Crippen molar-refractivity contribution >= 4 is 12.4 Å². The normalized spacial score (nSPS) is 12.0. The number of hydrogen-bond donors (Lipinski definition) is 3. The Morgan fingerprint density at radius 2 is 1.93 bits per heavy atom. The molecule has 0 aliphatic carbocycles. The maximum atomic E-state index is 12.8. The van der Waals surface area contributed by atoms with Crippen LogP contribution in [0.1, 0.15) is 18.0 Å². The predicted octanol–water partition coefficient (Wildman–Crippen LogP) is 1.47. The highest BCUT2D eigenvalue weighted by molar-refractivity contribution is 5.85. The molecule has 1 aromatic carbocycles. The first kappa shape index (κ1) is 14.1. The van der Waals surface area contributed by atoms with Gasteiger partial charge >= 0.3 is 0 Å². The Balaban J connectivity index is 0.00000196. The van der Waals surface area contributed by atoms with Crippen LogP contribution in [0.3, 0.4) is 0 Å². The van der Waals surface area contributed by atoms with Crippen LogP contribution in [-0.4, -0.2) is 16.8 Å². The fraction of sp³-hybridized carbons (Fsp3) is 0.333. The van der Waals surface area contributed by atoms with Crippen molar-refractivity contribution in [3.8, 4) is 5.75 Å². The van der Waals surface area contributed by atoms with Crippen LogP contribution in [0, 0.1) is 11.6 Å². The molecule has 0 saturated heterocycles. The summed E-state index contributed by atoms with van der Waals surface area (Å²) in [4.78, 5) is 0. The summed E-state index contributed by atoms with van der Waals surface area (Å²) >= 11 is 0. The Hall–Kier alpha value is -0.910. The summed E-state index contributed by atoms with van der Waals surface area (Å²) in [6.07, 6.45) is 0.179. The van der Waals surface area contributed by atoms with Gasteiger partial charge in [0.2, 0.25) is 5.82 Å². The minimum atomic E-state index is -1.31. The van der Waals surface area contributed by atoms with Crippen molar-refractivity contribution in [2.24, 2.45) is 5.73 Å². The number of hydrogen-bond acceptors (Lipinski definition) is 3. The van der Waals surface area contributed by atoms with Gasteiger partial charge in [-0.1, -0.05) is 6.07 Å². The third kappa shape index (κ3) is 3.02. The van der Waals surface area contributed by atoms with Gasteiger partial charge in [-0.15, -0.1) is 12.4 Å². The Bertz CT molecular complexity index is 336. The summed E-state index contributed by atoms with van der Waals surface area (Å²) in [6.45, 7) is -0.181. The average molecular weight is 240 g/mol. The number of phenols is 1. The van der Waals surface area contributed by atoms with E-state index in [4.69, 9.17) is 10.8 Å². The highest BCUT2D eigenvalue weighted by Crippen LogP contribution is 2.28. The molecule has 1 aromatic rings. The van der Waals surface area contributed by atoms with E-state index in [0.29, 0.717) is 0 Å². The number of aliphatic hydroxyl groups is 1. The molecule has 0 fully saturated rings. The fourth-order valence-corrected chi connectivity index (χ4v) is 1.15. The molecule has 3 nitrogen and oxygen atoms in total. The zero-order valence-corrected chi connectivity index (χ0v) is 8.60. The second kappa shape index (κ2) is 5.85. The van der Waals surface area contributed by atoms with Gasteiger partial charge in [0.1, 0.15) is 0 Å². The molecule has 1 atom stereocenters. The van der Waals surface area contributed by atoms with Crippen LogP contribution in [0.5, 0.6) is 5.75 Å². The van der Waals surface area contributed by atoms with E-state index in [-0.39, 0.29) is 31.0 Å². The van der Waals surface area contributed by atoms with Crippen molar-refractivity contribution < 1.29 is 19.0 Å². The van der Waals surface area contributed by atoms with Crippen LogP contribution in [0.25, 0.3) is 0 Å². The molecule has 86 valence electrons. The first-order chi connectivity index (χ1) is 6.57. The summed E-state index contributed by atoms with van der Waals surface area (Å²) in [5.74, 6) is -3.22. The highest BCUT2D eigenvalue weighted by atomic mass is 35.5. The number of halogens is 3. The van der Waals surface area contributed by atoms with Crippen molar-refractivity contribution in [3.05, 3.63) is 29.3 Å². The van der Waals surface area contributed by atoms with Crippen LogP contribution >= 0.6 is 12.4 Å². The van der Waals surface area contributed by atoms with Crippen molar-refractivity contribution in [1.29, 1.82) is 0 Å². The number of rotatable bonds is 3. The monoisotopic (exact) mass is 239 g/mol. The minimum Gasteiger partial charge on any atom is -0.505 e. The summed E-state index contributed by atoms with van der Waals surface area (Å²) in [5.41, 5.74) is 5.61. The second-order valence-electron chi connectivity index (χ2n) is 2.92. The van der Waals surface area contributed by atoms with Gasteiger partial charge in [0, 0.05) is 18.2 Å². The number of nitrogens with two attached hydrogens (primary N) is 1. The SMILES string of the molecule is Cl.N[C@@H](CCO)c1ccc(F)c(F)c1O. The number of aliphatic hydroxyl groups excluding tert-OH is 1. The molecule has 0 spiro atoms. The van der Waals surface area contributed by atoms with Crippen LogP contribution in [0.2, 0.25) is 0 Å². The van der Waals surface area contributed by atoms with E-state index < -0.39 is 23.4 Å². The van der Waals surface area contributed by atoms with Gasteiger partial charge in [-0.3, -0.25) is 0 Å². The van der Waals surface area contributed by atoms with E-state index in [2.05, 4.69) is 0 Å². The summed E-state index contributed by atoms with van der Waals surface area (Å²) in [5, 5.41) is 17.8.